The fraction of sp³-hybridized carbons (Fsp3) is 0.0909. The number of aromatic nitrogens is 1. The fourth-order valence-electron chi connectivity index (χ4n) is 2.94. The highest BCUT2D eigenvalue weighted by molar-refractivity contribution is 5.98. The first-order valence-corrected chi connectivity index (χ1v) is 8.76. The summed E-state index contributed by atoms with van der Waals surface area (Å²) in [5, 5.41) is 2.21. The number of hydrogen-bond donors (Lipinski definition) is 1. The minimum atomic E-state index is -3.71. The molecule has 3 aromatic carbocycles. The Morgan fingerprint density at radius 3 is 2.59 bits per heavy atom. The van der Waals surface area contributed by atoms with Crippen molar-refractivity contribution in [1.29, 1.82) is 0 Å². The van der Waals surface area contributed by atoms with Crippen LogP contribution in [0.5, 0.6) is 0 Å². The van der Waals surface area contributed by atoms with Gasteiger partial charge in [-0.25, -0.2) is 9.37 Å². The summed E-state index contributed by atoms with van der Waals surface area (Å²) in [6.07, 6.45) is 0. The third kappa shape index (κ3) is 3.59. The van der Waals surface area contributed by atoms with E-state index in [1.165, 1.54) is 48.5 Å². The molecule has 0 aliphatic carbocycles. The highest BCUT2D eigenvalue weighted by atomic mass is 19.3. The van der Waals surface area contributed by atoms with Crippen molar-refractivity contribution in [3.05, 3.63) is 83.7 Å². The van der Waals surface area contributed by atoms with Crippen LogP contribution in [0.3, 0.4) is 0 Å². The van der Waals surface area contributed by atoms with Crippen LogP contribution < -0.4 is 5.32 Å². The Balaban J connectivity index is 1.61. The minimum Gasteiger partial charge on any atom is -0.436 e. The smallest absolute Gasteiger partial charge is 0.350 e. The van der Waals surface area contributed by atoms with E-state index in [2.05, 4.69) is 10.3 Å². The molecule has 146 valence electrons. The number of aryl methyl sites for hydroxylation is 1. The Labute approximate surface area is 164 Å². The van der Waals surface area contributed by atoms with Gasteiger partial charge >= 0.3 is 5.92 Å². The van der Waals surface area contributed by atoms with Crippen molar-refractivity contribution in [3.8, 4) is 11.5 Å². The molecule has 0 saturated heterocycles. The Hall–Kier alpha value is -3.61. The van der Waals surface area contributed by atoms with E-state index in [9.17, 15) is 18.0 Å². The van der Waals surface area contributed by atoms with Gasteiger partial charge in [-0.05, 0) is 43.3 Å². The summed E-state index contributed by atoms with van der Waals surface area (Å²) in [5.74, 6) is -5.60. The highest BCUT2D eigenvalue weighted by Crippen LogP contribution is 2.31. The van der Waals surface area contributed by atoms with Crippen molar-refractivity contribution in [2.24, 2.45) is 0 Å². The van der Waals surface area contributed by atoms with Crippen molar-refractivity contribution in [2.45, 2.75) is 12.8 Å². The number of nitrogens with one attached hydrogen (secondary N) is 1. The lowest BCUT2D eigenvalue weighted by Gasteiger charge is -2.16. The molecular weight excluding hydrogens is 381 g/mol. The lowest BCUT2D eigenvalue weighted by atomic mass is 10.1. The zero-order chi connectivity index (χ0) is 20.6. The first-order valence-electron chi connectivity index (χ1n) is 8.76. The molecule has 4 aromatic rings. The van der Waals surface area contributed by atoms with Crippen LogP contribution in [-0.2, 0) is 10.7 Å². The van der Waals surface area contributed by atoms with Gasteiger partial charge in [-0.1, -0.05) is 35.9 Å². The van der Waals surface area contributed by atoms with Gasteiger partial charge in [-0.15, -0.1) is 0 Å². The monoisotopic (exact) mass is 396 g/mol. The number of anilines is 1. The number of nitrogens with zero attached hydrogens (tertiary/aromatic N) is 1. The average molecular weight is 396 g/mol. The molecule has 0 aliphatic rings. The molecule has 29 heavy (non-hydrogen) atoms. The van der Waals surface area contributed by atoms with E-state index < -0.39 is 17.6 Å². The van der Waals surface area contributed by atoms with Crippen LogP contribution in [-0.4, -0.2) is 10.9 Å². The molecule has 0 spiro atoms. The second-order valence-corrected chi connectivity index (χ2v) is 6.58. The Bertz CT molecular complexity index is 1220. The Morgan fingerprint density at radius 2 is 1.83 bits per heavy atom. The third-order valence-corrected chi connectivity index (χ3v) is 4.42. The second-order valence-electron chi connectivity index (χ2n) is 6.58. The maximum Gasteiger partial charge on any atom is 0.350 e. The number of rotatable bonds is 4. The van der Waals surface area contributed by atoms with Crippen molar-refractivity contribution < 1.29 is 22.4 Å². The normalized spacial score (nSPS) is 11.6. The quantitative estimate of drug-likeness (QED) is 0.483. The van der Waals surface area contributed by atoms with Crippen LogP contribution in [0.15, 0.2) is 71.1 Å². The molecule has 1 N–H and O–H groups in total. The highest BCUT2D eigenvalue weighted by Gasteiger charge is 2.41. The van der Waals surface area contributed by atoms with Crippen molar-refractivity contribution >= 4 is 22.7 Å². The van der Waals surface area contributed by atoms with Crippen LogP contribution in [0.25, 0.3) is 22.6 Å². The number of benzene rings is 3. The van der Waals surface area contributed by atoms with Gasteiger partial charge in [0.25, 0.3) is 5.91 Å². The predicted molar refractivity (Wildman–Crippen MR) is 103 cm³/mol. The van der Waals surface area contributed by atoms with Crippen molar-refractivity contribution in [3.63, 3.8) is 0 Å². The SMILES string of the molecule is Cc1cccc(C(F)(F)C(=O)Nc2ccc3oc(-c4ccccc4F)nc3c2)c1. The van der Waals surface area contributed by atoms with E-state index >= 15 is 0 Å². The Kier molecular flexibility index (Phi) is 4.58. The predicted octanol–water partition coefficient (Wildman–Crippen LogP) is 5.67. The van der Waals surface area contributed by atoms with Gasteiger partial charge in [0.2, 0.25) is 5.89 Å². The maximum absolute atomic E-state index is 14.5. The molecule has 0 bridgehead atoms. The molecule has 0 unspecified atom stereocenters. The van der Waals surface area contributed by atoms with Gasteiger partial charge in [0.1, 0.15) is 11.3 Å². The van der Waals surface area contributed by atoms with E-state index in [0.29, 0.717) is 16.7 Å². The molecule has 7 heteroatoms. The van der Waals surface area contributed by atoms with Crippen molar-refractivity contribution in [1.82, 2.24) is 4.98 Å². The van der Waals surface area contributed by atoms with Crippen LogP contribution in [0.4, 0.5) is 18.9 Å². The zero-order valence-electron chi connectivity index (χ0n) is 15.2. The molecule has 0 fully saturated rings. The molecular formula is C22H15F3N2O2. The first kappa shape index (κ1) is 18.7. The lowest BCUT2D eigenvalue weighted by molar-refractivity contribution is -0.140. The van der Waals surface area contributed by atoms with E-state index in [0.717, 1.165) is 0 Å². The molecule has 4 nitrogen and oxygen atoms in total. The molecule has 0 atom stereocenters. The van der Waals surface area contributed by atoms with Gasteiger partial charge < -0.3 is 9.73 Å². The molecule has 0 radical (unpaired) electrons. The summed E-state index contributed by atoms with van der Waals surface area (Å²) in [7, 11) is 0. The zero-order valence-corrected chi connectivity index (χ0v) is 15.2. The molecule has 4 rings (SSSR count). The number of carbonyl (C=O) groups excluding carboxylic acids is 1. The molecule has 1 heterocycles. The lowest BCUT2D eigenvalue weighted by Crippen LogP contribution is -2.32. The van der Waals surface area contributed by atoms with Crippen LogP contribution in [0.1, 0.15) is 11.1 Å². The molecule has 1 aromatic heterocycles. The number of fused-ring (bicyclic) bond motifs is 1. The van der Waals surface area contributed by atoms with Gasteiger partial charge in [-0.2, -0.15) is 8.78 Å². The summed E-state index contributed by atoms with van der Waals surface area (Å²) >= 11 is 0. The van der Waals surface area contributed by atoms with Gasteiger partial charge in [0, 0.05) is 11.3 Å². The largest absolute Gasteiger partial charge is 0.436 e. The summed E-state index contributed by atoms with van der Waals surface area (Å²) in [5.41, 5.74) is 1.19. The summed E-state index contributed by atoms with van der Waals surface area (Å²) in [6.45, 7) is 1.67. The molecule has 0 aliphatic heterocycles. The second kappa shape index (κ2) is 7.09. The minimum absolute atomic E-state index is 0.0617. The van der Waals surface area contributed by atoms with E-state index in [4.69, 9.17) is 4.42 Å². The number of hydrogen-bond acceptors (Lipinski definition) is 3. The standard InChI is InChI=1S/C22H15F3N2O2/c1-13-5-4-6-14(11-13)22(24,25)21(28)26-15-9-10-19-18(12-15)27-20(29-19)16-7-2-3-8-17(16)23/h2-12H,1H3,(H,26,28). The Morgan fingerprint density at radius 1 is 1.03 bits per heavy atom. The first-order chi connectivity index (χ1) is 13.8. The van der Waals surface area contributed by atoms with Crippen LogP contribution in [0, 0.1) is 12.7 Å². The summed E-state index contributed by atoms with van der Waals surface area (Å²) in [6, 6.07) is 15.9. The maximum atomic E-state index is 14.5. The average Bonchev–Trinajstić information content (AvgIpc) is 3.11. The van der Waals surface area contributed by atoms with Crippen molar-refractivity contribution in [2.75, 3.05) is 5.32 Å². The number of halogens is 3. The summed E-state index contributed by atoms with van der Waals surface area (Å²) < 4.78 is 48.5. The topological polar surface area (TPSA) is 55.1 Å². The summed E-state index contributed by atoms with van der Waals surface area (Å²) in [4.78, 5) is 16.4. The van der Waals surface area contributed by atoms with Crippen LogP contribution in [0.2, 0.25) is 0 Å². The van der Waals surface area contributed by atoms with E-state index in [1.54, 1.807) is 25.1 Å². The van der Waals surface area contributed by atoms with Crippen LogP contribution >= 0.6 is 0 Å². The van der Waals surface area contributed by atoms with Gasteiger partial charge in [0.15, 0.2) is 5.58 Å². The third-order valence-electron chi connectivity index (χ3n) is 4.42. The van der Waals surface area contributed by atoms with Gasteiger partial charge in [0.05, 0.1) is 5.56 Å². The number of alkyl halides is 2. The molecule has 1 amide bonds. The van der Waals surface area contributed by atoms with Gasteiger partial charge in [-0.3, -0.25) is 4.79 Å². The number of carbonyl (C=O) groups is 1. The molecule has 0 saturated carbocycles. The van der Waals surface area contributed by atoms with E-state index in [-0.39, 0.29) is 22.7 Å². The van der Waals surface area contributed by atoms with E-state index in [1.807, 2.05) is 0 Å². The fourth-order valence-corrected chi connectivity index (χ4v) is 2.94. The number of oxazole rings is 1. The number of amides is 1.